The molecule has 4 rings (SSSR count). The van der Waals surface area contributed by atoms with Gasteiger partial charge in [-0.3, -0.25) is 0 Å². The van der Waals surface area contributed by atoms with Crippen molar-refractivity contribution in [2.24, 2.45) is 0 Å². The third kappa shape index (κ3) is 4.59. The van der Waals surface area contributed by atoms with E-state index in [4.69, 9.17) is 14.2 Å². The molecule has 7 nitrogen and oxygen atoms in total. The maximum atomic E-state index is 12.5. The first-order chi connectivity index (χ1) is 14.7. The second-order valence-corrected chi connectivity index (χ2v) is 8.09. The van der Waals surface area contributed by atoms with Gasteiger partial charge in [0, 0.05) is 32.5 Å². The molecule has 0 bridgehead atoms. The molecular weight excluding hydrogens is 402 g/mol. The second-order valence-electron chi connectivity index (χ2n) is 7.10. The van der Waals surface area contributed by atoms with Gasteiger partial charge in [0.2, 0.25) is 0 Å². The van der Waals surface area contributed by atoms with Gasteiger partial charge in [0.15, 0.2) is 11.5 Å². The van der Waals surface area contributed by atoms with E-state index < -0.39 is 0 Å². The number of benzene rings is 2. The number of hydrogen-bond acceptors (Lipinski definition) is 6. The lowest BCUT2D eigenvalue weighted by atomic mass is 10.1. The van der Waals surface area contributed by atoms with Crippen LogP contribution in [0.15, 0.2) is 42.5 Å². The summed E-state index contributed by atoms with van der Waals surface area (Å²) in [6.45, 7) is 1.75. The van der Waals surface area contributed by atoms with E-state index in [2.05, 4.69) is 10.3 Å². The molecule has 30 heavy (non-hydrogen) atoms. The van der Waals surface area contributed by atoms with E-state index in [1.165, 1.54) is 0 Å². The molecule has 3 aromatic rings. The summed E-state index contributed by atoms with van der Waals surface area (Å²) in [6.07, 6.45) is 1.67. The van der Waals surface area contributed by atoms with Crippen LogP contribution in [0, 0.1) is 0 Å². The standard InChI is InChI=1S/C22H25N3O4S/c1-27-18-8-7-15(13-19(18)28-2)14-23-21(26)25-11-9-16(10-12-25)29-22-24-17-5-3-4-6-20(17)30-22/h3-8,13,16H,9-12,14H2,1-2H3,(H,23,26). The van der Waals surface area contributed by atoms with E-state index in [9.17, 15) is 4.79 Å². The largest absolute Gasteiger partial charge is 0.493 e. The van der Waals surface area contributed by atoms with Crippen molar-refractivity contribution in [3.8, 4) is 16.7 Å². The molecule has 0 radical (unpaired) electrons. The molecule has 0 saturated carbocycles. The number of hydrogen-bond donors (Lipinski definition) is 1. The van der Waals surface area contributed by atoms with Crippen LogP contribution in [0.1, 0.15) is 18.4 Å². The number of urea groups is 1. The van der Waals surface area contributed by atoms with Gasteiger partial charge in [-0.25, -0.2) is 9.78 Å². The summed E-state index contributed by atoms with van der Waals surface area (Å²) in [5.74, 6) is 1.32. The molecule has 2 heterocycles. The van der Waals surface area contributed by atoms with Gasteiger partial charge in [-0.15, -0.1) is 0 Å². The van der Waals surface area contributed by atoms with Crippen molar-refractivity contribution in [1.29, 1.82) is 0 Å². The Morgan fingerprint density at radius 3 is 2.63 bits per heavy atom. The average Bonchev–Trinajstić information content (AvgIpc) is 3.20. The van der Waals surface area contributed by atoms with E-state index in [1.54, 1.807) is 25.6 Å². The third-order valence-corrected chi connectivity index (χ3v) is 6.09. The van der Waals surface area contributed by atoms with Crippen LogP contribution in [0.25, 0.3) is 10.2 Å². The monoisotopic (exact) mass is 427 g/mol. The highest BCUT2D eigenvalue weighted by molar-refractivity contribution is 7.20. The summed E-state index contributed by atoms with van der Waals surface area (Å²) in [7, 11) is 3.20. The Bertz CT molecular complexity index is 982. The number of piperidine rings is 1. The fourth-order valence-corrected chi connectivity index (χ4v) is 4.38. The van der Waals surface area contributed by atoms with Gasteiger partial charge < -0.3 is 24.4 Å². The summed E-state index contributed by atoms with van der Waals surface area (Å²) in [5.41, 5.74) is 1.92. The number of amides is 2. The van der Waals surface area contributed by atoms with Crippen LogP contribution in [0.3, 0.4) is 0 Å². The summed E-state index contributed by atoms with van der Waals surface area (Å²) in [6, 6.07) is 13.6. The number of carbonyl (C=O) groups excluding carboxylic acids is 1. The summed E-state index contributed by atoms with van der Waals surface area (Å²) >= 11 is 1.56. The van der Waals surface area contributed by atoms with Crippen LogP contribution in [0.2, 0.25) is 0 Å². The Balaban J connectivity index is 1.26. The number of nitrogens with zero attached hydrogens (tertiary/aromatic N) is 2. The van der Waals surface area contributed by atoms with Crippen LogP contribution in [0.4, 0.5) is 4.79 Å². The molecule has 2 amide bonds. The van der Waals surface area contributed by atoms with Crippen LogP contribution in [-0.4, -0.2) is 49.3 Å². The Morgan fingerprint density at radius 1 is 1.13 bits per heavy atom. The number of likely N-dealkylation sites (tertiary alicyclic amines) is 1. The molecule has 1 N–H and O–H groups in total. The van der Waals surface area contributed by atoms with Gasteiger partial charge in [0.1, 0.15) is 6.10 Å². The summed E-state index contributed by atoms with van der Waals surface area (Å²) in [4.78, 5) is 18.9. The lowest BCUT2D eigenvalue weighted by Gasteiger charge is -2.31. The van der Waals surface area contributed by atoms with Crippen LogP contribution >= 0.6 is 11.3 Å². The van der Waals surface area contributed by atoms with Crippen molar-refractivity contribution in [3.63, 3.8) is 0 Å². The lowest BCUT2D eigenvalue weighted by molar-refractivity contribution is 0.111. The first-order valence-corrected chi connectivity index (χ1v) is 10.7. The highest BCUT2D eigenvalue weighted by Gasteiger charge is 2.24. The number of rotatable bonds is 6. The Labute approximate surface area is 179 Å². The van der Waals surface area contributed by atoms with Crippen LogP contribution in [0.5, 0.6) is 16.7 Å². The maximum absolute atomic E-state index is 12.5. The first kappa shape index (κ1) is 20.3. The molecule has 1 fully saturated rings. The number of aromatic nitrogens is 1. The quantitative estimate of drug-likeness (QED) is 0.642. The minimum absolute atomic E-state index is 0.0665. The average molecular weight is 428 g/mol. The molecule has 0 aliphatic carbocycles. The fraction of sp³-hybridized carbons (Fsp3) is 0.364. The minimum atomic E-state index is -0.0665. The van der Waals surface area contributed by atoms with E-state index >= 15 is 0 Å². The number of para-hydroxylation sites is 1. The van der Waals surface area contributed by atoms with Crippen LogP contribution in [-0.2, 0) is 6.54 Å². The van der Waals surface area contributed by atoms with Gasteiger partial charge >= 0.3 is 6.03 Å². The zero-order chi connectivity index (χ0) is 20.9. The van der Waals surface area contributed by atoms with Crippen molar-refractivity contribution >= 4 is 27.6 Å². The molecule has 158 valence electrons. The predicted octanol–water partition coefficient (Wildman–Crippen LogP) is 4.07. The summed E-state index contributed by atoms with van der Waals surface area (Å²) < 4.78 is 17.8. The number of carbonyl (C=O) groups is 1. The fourth-order valence-electron chi connectivity index (χ4n) is 3.50. The van der Waals surface area contributed by atoms with Gasteiger partial charge in [0.05, 0.1) is 24.4 Å². The normalized spacial score (nSPS) is 14.5. The number of methoxy groups -OCH3 is 2. The van der Waals surface area contributed by atoms with Crippen molar-refractivity contribution in [3.05, 3.63) is 48.0 Å². The Hall–Kier alpha value is -3.00. The topological polar surface area (TPSA) is 72.9 Å². The third-order valence-electron chi connectivity index (χ3n) is 5.16. The minimum Gasteiger partial charge on any atom is -0.493 e. The number of ether oxygens (including phenoxy) is 3. The molecule has 1 aliphatic heterocycles. The molecule has 1 aliphatic rings. The van der Waals surface area contributed by atoms with Gasteiger partial charge in [0.25, 0.3) is 5.19 Å². The number of thiazole rings is 1. The van der Waals surface area contributed by atoms with Gasteiger partial charge in [-0.1, -0.05) is 29.5 Å². The lowest BCUT2D eigenvalue weighted by Crippen LogP contribution is -2.46. The molecule has 0 atom stereocenters. The van der Waals surface area contributed by atoms with Gasteiger partial charge in [-0.05, 0) is 29.8 Å². The molecular formula is C22H25N3O4S. The smallest absolute Gasteiger partial charge is 0.317 e. The first-order valence-electron chi connectivity index (χ1n) is 9.92. The highest BCUT2D eigenvalue weighted by Crippen LogP contribution is 2.30. The molecule has 1 aromatic heterocycles. The molecule has 8 heteroatoms. The van der Waals surface area contributed by atoms with Crippen molar-refractivity contribution < 1.29 is 19.0 Å². The van der Waals surface area contributed by atoms with E-state index in [0.717, 1.165) is 28.6 Å². The molecule has 0 unspecified atom stereocenters. The Kier molecular flexibility index (Phi) is 6.23. The maximum Gasteiger partial charge on any atom is 0.317 e. The Morgan fingerprint density at radius 2 is 1.90 bits per heavy atom. The highest BCUT2D eigenvalue weighted by atomic mass is 32.1. The summed E-state index contributed by atoms with van der Waals surface area (Å²) in [5, 5.41) is 3.68. The van der Waals surface area contributed by atoms with E-state index in [1.807, 2.05) is 47.4 Å². The van der Waals surface area contributed by atoms with Crippen molar-refractivity contribution in [2.75, 3.05) is 27.3 Å². The zero-order valence-corrected chi connectivity index (χ0v) is 17.9. The van der Waals surface area contributed by atoms with Gasteiger partial charge in [-0.2, -0.15) is 0 Å². The number of fused-ring (bicyclic) bond motifs is 1. The predicted molar refractivity (Wildman–Crippen MR) is 117 cm³/mol. The van der Waals surface area contributed by atoms with E-state index in [-0.39, 0.29) is 12.1 Å². The van der Waals surface area contributed by atoms with E-state index in [0.29, 0.717) is 36.3 Å². The van der Waals surface area contributed by atoms with Crippen molar-refractivity contribution in [1.82, 2.24) is 15.2 Å². The zero-order valence-electron chi connectivity index (χ0n) is 17.1. The second kappa shape index (κ2) is 9.21. The van der Waals surface area contributed by atoms with Crippen LogP contribution < -0.4 is 19.5 Å². The molecule has 0 spiro atoms. The molecule has 1 saturated heterocycles. The van der Waals surface area contributed by atoms with Crippen molar-refractivity contribution in [2.45, 2.75) is 25.5 Å². The molecule has 2 aromatic carbocycles. The number of nitrogens with one attached hydrogen (secondary N) is 1. The SMILES string of the molecule is COc1ccc(CNC(=O)N2CCC(Oc3nc4ccccc4s3)CC2)cc1OC.